The SMILES string of the molecule is C[C@H]1CN2CCC[C@@]2(COc2nc3c4c(c(Cl)c(-c5c(O)cccc5F)c(F)c4n2)OCC2CCCCCN32)C1. The number of benzene rings is 2. The molecule has 3 atom stereocenters. The molecule has 40 heavy (non-hydrogen) atoms. The number of rotatable bonds is 4. The van der Waals surface area contributed by atoms with Crippen LogP contribution in [-0.4, -0.2) is 64.4 Å². The Morgan fingerprint density at radius 1 is 1.15 bits per heavy atom. The van der Waals surface area contributed by atoms with Crippen LogP contribution in [-0.2, 0) is 0 Å². The summed E-state index contributed by atoms with van der Waals surface area (Å²) < 4.78 is 44.1. The van der Waals surface area contributed by atoms with Crippen molar-refractivity contribution in [1.82, 2.24) is 14.9 Å². The second-order valence-electron chi connectivity index (χ2n) is 11.9. The van der Waals surface area contributed by atoms with E-state index in [1.165, 1.54) is 12.1 Å². The Bertz CT molecular complexity index is 1470. The smallest absolute Gasteiger partial charge is 0.319 e. The fraction of sp³-hybridized carbons (Fsp3) is 0.533. The van der Waals surface area contributed by atoms with Gasteiger partial charge in [0.1, 0.15) is 36.1 Å². The third-order valence-corrected chi connectivity index (χ3v) is 9.59. The van der Waals surface area contributed by atoms with Gasteiger partial charge in [0.05, 0.1) is 27.6 Å². The Labute approximate surface area is 237 Å². The number of phenols is 1. The molecule has 3 aromatic rings. The van der Waals surface area contributed by atoms with Gasteiger partial charge in [-0.2, -0.15) is 9.97 Å². The van der Waals surface area contributed by atoms with Gasteiger partial charge in [0.15, 0.2) is 11.6 Å². The Kier molecular flexibility index (Phi) is 6.42. The van der Waals surface area contributed by atoms with Crippen LogP contribution in [0, 0.1) is 17.6 Å². The van der Waals surface area contributed by atoms with Crippen LogP contribution in [0.5, 0.6) is 17.5 Å². The molecule has 4 aliphatic heterocycles. The summed E-state index contributed by atoms with van der Waals surface area (Å²) in [5, 5.41) is 10.8. The number of aromatic hydroxyl groups is 1. The summed E-state index contributed by atoms with van der Waals surface area (Å²) in [7, 11) is 0. The minimum Gasteiger partial charge on any atom is -0.507 e. The van der Waals surface area contributed by atoms with Gasteiger partial charge in [-0.25, -0.2) is 8.78 Å². The molecule has 212 valence electrons. The summed E-state index contributed by atoms with van der Waals surface area (Å²) in [6.07, 6.45) is 7.22. The summed E-state index contributed by atoms with van der Waals surface area (Å²) in [6.45, 7) is 5.85. The maximum absolute atomic E-state index is 16.5. The zero-order valence-corrected chi connectivity index (χ0v) is 23.3. The van der Waals surface area contributed by atoms with E-state index < -0.39 is 17.4 Å². The first kappa shape index (κ1) is 26.0. The van der Waals surface area contributed by atoms with Gasteiger partial charge in [0, 0.05) is 18.7 Å². The summed E-state index contributed by atoms with van der Waals surface area (Å²) in [4.78, 5) is 14.1. The molecule has 7 nitrogen and oxygen atoms in total. The number of aromatic nitrogens is 2. The van der Waals surface area contributed by atoms with Gasteiger partial charge in [0.2, 0.25) is 0 Å². The van der Waals surface area contributed by atoms with E-state index in [-0.39, 0.29) is 45.0 Å². The number of halogens is 3. The number of hydrogen-bond donors (Lipinski definition) is 1. The van der Waals surface area contributed by atoms with Crippen molar-refractivity contribution < 1.29 is 23.4 Å². The van der Waals surface area contributed by atoms with Gasteiger partial charge in [0.25, 0.3) is 0 Å². The van der Waals surface area contributed by atoms with E-state index in [2.05, 4.69) is 21.7 Å². The van der Waals surface area contributed by atoms with Gasteiger partial charge in [-0.3, -0.25) is 4.90 Å². The lowest BCUT2D eigenvalue weighted by molar-refractivity contribution is 0.107. The van der Waals surface area contributed by atoms with Crippen molar-refractivity contribution in [2.24, 2.45) is 5.92 Å². The summed E-state index contributed by atoms with van der Waals surface area (Å²) in [5.74, 6) is -0.739. The van der Waals surface area contributed by atoms with Crippen LogP contribution < -0.4 is 14.4 Å². The van der Waals surface area contributed by atoms with Crippen molar-refractivity contribution in [3.63, 3.8) is 0 Å². The van der Waals surface area contributed by atoms with E-state index in [1.54, 1.807) is 0 Å². The van der Waals surface area contributed by atoms with Crippen LogP contribution in [0.3, 0.4) is 0 Å². The molecule has 5 heterocycles. The fourth-order valence-corrected chi connectivity index (χ4v) is 7.78. The third kappa shape index (κ3) is 4.07. The Balaban J connectivity index is 1.41. The monoisotopic (exact) mass is 570 g/mol. The van der Waals surface area contributed by atoms with Gasteiger partial charge >= 0.3 is 6.01 Å². The van der Waals surface area contributed by atoms with Crippen LogP contribution in [0.2, 0.25) is 5.02 Å². The van der Waals surface area contributed by atoms with Gasteiger partial charge in [-0.05, 0) is 56.7 Å². The summed E-state index contributed by atoms with van der Waals surface area (Å²) >= 11 is 6.79. The Hall–Kier alpha value is -2.91. The minimum absolute atomic E-state index is 0.0184. The van der Waals surface area contributed by atoms with E-state index in [0.29, 0.717) is 30.3 Å². The molecule has 4 aliphatic rings. The first-order chi connectivity index (χ1) is 19.4. The van der Waals surface area contributed by atoms with Crippen molar-refractivity contribution in [2.75, 3.05) is 37.7 Å². The van der Waals surface area contributed by atoms with E-state index >= 15 is 8.78 Å². The molecule has 7 rings (SSSR count). The zero-order chi connectivity index (χ0) is 27.6. The lowest BCUT2D eigenvalue weighted by Crippen LogP contribution is -2.43. The van der Waals surface area contributed by atoms with Crippen LogP contribution in [0.25, 0.3) is 22.0 Å². The highest BCUT2D eigenvalue weighted by atomic mass is 35.5. The molecule has 3 saturated heterocycles. The molecule has 0 radical (unpaired) electrons. The predicted octanol–water partition coefficient (Wildman–Crippen LogP) is 6.33. The summed E-state index contributed by atoms with van der Waals surface area (Å²) in [5.41, 5.74) is -0.720. The van der Waals surface area contributed by atoms with E-state index in [9.17, 15) is 5.11 Å². The molecule has 10 heteroatoms. The maximum Gasteiger partial charge on any atom is 0.319 e. The van der Waals surface area contributed by atoms with Gasteiger partial charge in [-0.1, -0.05) is 37.4 Å². The summed E-state index contributed by atoms with van der Waals surface area (Å²) in [6, 6.07) is 3.92. The Morgan fingerprint density at radius 2 is 2.02 bits per heavy atom. The average molecular weight is 571 g/mol. The topological polar surface area (TPSA) is 71.0 Å². The lowest BCUT2D eigenvalue weighted by atomic mass is 9.92. The van der Waals surface area contributed by atoms with Crippen LogP contribution in [0.15, 0.2) is 18.2 Å². The number of anilines is 1. The second-order valence-corrected chi connectivity index (χ2v) is 12.3. The molecule has 1 N–H and O–H groups in total. The van der Waals surface area contributed by atoms with E-state index in [4.69, 9.17) is 26.1 Å². The largest absolute Gasteiger partial charge is 0.507 e. The molecule has 1 aromatic heterocycles. The number of nitrogens with zero attached hydrogens (tertiary/aromatic N) is 4. The molecule has 2 aromatic carbocycles. The normalized spacial score (nSPS) is 26.2. The van der Waals surface area contributed by atoms with E-state index in [0.717, 1.165) is 70.6 Å². The maximum atomic E-state index is 16.5. The molecule has 3 fully saturated rings. The van der Waals surface area contributed by atoms with Crippen LogP contribution in [0.1, 0.15) is 51.9 Å². The van der Waals surface area contributed by atoms with Crippen molar-refractivity contribution in [3.8, 4) is 28.6 Å². The quantitative estimate of drug-likeness (QED) is 0.393. The molecule has 0 amide bonds. The first-order valence-electron chi connectivity index (χ1n) is 14.3. The number of fused-ring (bicyclic) bond motifs is 3. The molecule has 0 bridgehead atoms. The number of phenolic OH excluding ortho intramolecular Hbond substituents is 1. The first-order valence-corrected chi connectivity index (χ1v) is 14.7. The predicted molar refractivity (Wildman–Crippen MR) is 149 cm³/mol. The molecule has 0 spiro atoms. The number of hydrogen-bond acceptors (Lipinski definition) is 7. The van der Waals surface area contributed by atoms with Crippen molar-refractivity contribution >= 4 is 28.3 Å². The molecule has 1 unspecified atom stereocenters. The lowest BCUT2D eigenvalue weighted by Gasteiger charge is -2.32. The fourth-order valence-electron chi connectivity index (χ4n) is 7.45. The van der Waals surface area contributed by atoms with Crippen molar-refractivity contribution in [1.29, 1.82) is 0 Å². The van der Waals surface area contributed by atoms with Gasteiger partial charge < -0.3 is 19.5 Å². The molecule has 0 aliphatic carbocycles. The zero-order valence-electron chi connectivity index (χ0n) is 22.6. The highest BCUT2D eigenvalue weighted by Crippen LogP contribution is 2.50. The second kappa shape index (κ2) is 9.87. The van der Waals surface area contributed by atoms with Crippen molar-refractivity contribution in [2.45, 2.75) is 63.5 Å². The van der Waals surface area contributed by atoms with E-state index in [1.807, 2.05) is 0 Å². The van der Waals surface area contributed by atoms with Crippen LogP contribution >= 0.6 is 11.6 Å². The average Bonchev–Trinajstić information content (AvgIpc) is 3.27. The highest BCUT2D eigenvalue weighted by Gasteiger charge is 2.48. The van der Waals surface area contributed by atoms with Crippen LogP contribution in [0.4, 0.5) is 14.6 Å². The Morgan fingerprint density at radius 3 is 2.88 bits per heavy atom. The standard InChI is InChI=1S/C30H33ClF2N4O3/c1-17-13-30(10-6-11-36(30)14-17)16-40-29-34-26-23-27(39-15-18-7-3-2-4-12-37(18)28(23)35-29)24(31)22(25(26)33)21-19(32)8-5-9-20(21)38/h5,8-9,17-18,38H,2-4,6-7,10-16H2,1H3/t17-,18?,30+/m1/s1. The molecular formula is C30H33ClF2N4O3. The molecule has 0 saturated carbocycles. The highest BCUT2D eigenvalue weighted by molar-refractivity contribution is 6.36. The number of ether oxygens (including phenoxy) is 2. The third-order valence-electron chi connectivity index (χ3n) is 9.22. The molecular weight excluding hydrogens is 538 g/mol. The van der Waals surface area contributed by atoms with Gasteiger partial charge in [-0.15, -0.1) is 0 Å². The van der Waals surface area contributed by atoms with Crippen molar-refractivity contribution in [3.05, 3.63) is 34.9 Å². The minimum atomic E-state index is -0.843.